The molecule has 8 heteroatoms. The van der Waals surface area contributed by atoms with Crippen molar-refractivity contribution in [2.45, 2.75) is 31.2 Å². The summed E-state index contributed by atoms with van der Waals surface area (Å²) in [6.45, 7) is 3.93. The summed E-state index contributed by atoms with van der Waals surface area (Å²) in [5.41, 5.74) is 4.98. The van der Waals surface area contributed by atoms with E-state index in [2.05, 4.69) is 4.72 Å². The van der Waals surface area contributed by atoms with Crippen molar-refractivity contribution in [3.8, 4) is 0 Å². The van der Waals surface area contributed by atoms with Gasteiger partial charge in [-0.1, -0.05) is 13.8 Å². The van der Waals surface area contributed by atoms with Crippen LogP contribution in [0.5, 0.6) is 0 Å². The van der Waals surface area contributed by atoms with Gasteiger partial charge in [-0.15, -0.1) is 0 Å². The number of hydrogen-bond donors (Lipinski definition) is 2. The first-order valence-electron chi connectivity index (χ1n) is 5.70. The summed E-state index contributed by atoms with van der Waals surface area (Å²) in [6, 6.07) is 3.29. The van der Waals surface area contributed by atoms with Gasteiger partial charge in [-0.25, -0.2) is 13.1 Å². The fraction of sp³-hybridized carbons (Fsp3) is 0.455. The molecule has 0 bridgehead atoms. The van der Waals surface area contributed by atoms with E-state index in [4.69, 9.17) is 5.73 Å². The van der Waals surface area contributed by atoms with E-state index >= 15 is 0 Å². The third-order valence-electron chi connectivity index (χ3n) is 3.32. The Balaban J connectivity index is 2.27. The molecule has 1 atom stereocenters. The standard InChI is InChI=1S/C11H15N3O4S/c1-11(2)6-10(11)13-19(17,18)7-3-4-9(14(15)16)8(12)5-7/h3-5,10,13H,6,12H2,1-2H3. The highest BCUT2D eigenvalue weighted by molar-refractivity contribution is 7.89. The molecule has 104 valence electrons. The largest absolute Gasteiger partial charge is 0.393 e. The summed E-state index contributed by atoms with van der Waals surface area (Å²) < 4.78 is 26.7. The number of hydrogen-bond acceptors (Lipinski definition) is 5. The highest BCUT2D eigenvalue weighted by Gasteiger charge is 2.47. The van der Waals surface area contributed by atoms with E-state index in [1.54, 1.807) is 0 Å². The Bertz CT molecular complexity index is 639. The molecular formula is C11H15N3O4S. The smallest absolute Gasteiger partial charge is 0.292 e. The summed E-state index contributed by atoms with van der Waals surface area (Å²) in [5, 5.41) is 10.6. The molecule has 1 aliphatic carbocycles. The third kappa shape index (κ3) is 2.69. The number of nitro groups is 1. The van der Waals surface area contributed by atoms with E-state index in [0.29, 0.717) is 0 Å². The van der Waals surface area contributed by atoms with Gasteiger partial charge in [-0.05, 0) is 24.0 Å². The quantitative estimate of drug-likeness (QED) is 0.491. The molecule has 1 unspecified atom stereocenters. The van der Waals surface area contributed by atoms with E-state index in [1.807, 2.05) is 13.8 Å². The van der Waals surface area contributed by atoms with E-state index in [-0.39, 0.29) is 27.7 Å². The predicted octanol–water partition coefficient (Wildman–Crippen LogP) is 1.25. The van der Waals surface area contributed by atoms with Crippen molar-refractivity contribution < 1.29 is 13.3 Å². The maximum atomic E-state index is 12.1. The molecule has 0 spiro atoms. The first-order valence-corrected chi connectivity index (χ1v) is 7.18. The molecule has 3 N–H and O–H groups in total. The lowest BCUT2D eigenvalue weighted by Crippen LogP contribution is -2.28. The van der Waals surface area contributed by atoms with E-state index in [1.165, 1.54) is 6.07 Å². The van der Waals surface area contributed by atoms with Crippen LogP contribution in [0.25, 0.3) is 0 Å². The highest BCUT2D eigenvalue weighted by Crippen LogP contribution is 2.45. The van der Waals surface area contributed by atoms with Crippen molar-refractivity contribution in [3.05, 3.63) is 28.3 Å². The van der Waals surface area contributed by atoms with Crippen LogP contribution in [0.3, 0.4) is 0 Å². The Morgan fingerprint density at radius 3 is 2.47 bits per heavy atom. The maximum absolute atomic E-state index is 12.1. The molecular weight excluding hydrogens is 270 g/mol. The van der Waals surface area contributed by atoms with Crippen LogP contribution >= 0.6 is 0 Å². The molecule has 0 aromatic heterocycles. The molecule has 0 amide bonds. The summed E-state index contributed by atoms with van der Waals surface area (Å²) in [5.74, 6) is 0. The van der Waals surface area contributed by atoms with Gasteiger partial charge in [0, 0.05) is 12.1 Å². The number of nitrogens with two attached hydrogens (primary N) is 1. The van der Waals surface area contributed by atoms with E-state index in [0.717, 1.165) is 18.6 Å². The van der Waals surface area contributed by atoms with Crippen molar-refractivity contribution in [1.82, 2.24) is 4.72 Å². The Labute approximate surface area is 111 Å². The predicted molar refractivity (Wildman–Crippen MR) is 70.0 cm³/mol. The summed E-state index contributed by atoms with van der Waals surface area (Å²) in [4.78, 5) is 9.91. The molecule has 2 rings (SSSR count). The van der Waals surface area contributed by atoms with Gasteiger partial charge in [0.25, 0.3) is 5.69 Å². The minimum absolute atomic E-state index is 0.0423. The van der Waals surface area contributed by atoms with Gasteiger partial charge < -0.3 is 5.73 Å². The maximum Gasteiger partial charge on any atom is 0.292 e. The lowest BCUT2D eigenvalue weighted by Gasteiger charge is -2.08. The number of rotatable bonds is 4. The first-order chi connectivity index (χ1) is 8.63. The van der Waals surface area contributed by atoms with Crippen LogP contribution in [0.2, 0.25) is 0 Å². The van der Waals surface area contributed by atoms with Gasteiger partial charge in [0.1, 0.15) is 5.69 Å². The molecule has 0 radical (unpaired) electrons. The monoisotopic (exact) mass is 285 g/mol. The molecule has 1 fully saturated rings. The van der Waals surface area contributed by atoms with Crippen molar-refractivity contribution in [1.29, 1.82) is 0 Å². The normalized spacial score (nSPS) is 21.1. The Kier molecular flexibility index (Phi) is 3.02. The number of nitro benzene ring substituents is 1. The van der Waals surface area contributed by atoms with Crippen molar-refractivity contribution in [3.63, 3.8) is 0 Å². The van der Waals surface area contributed by atoms with Crippen molar-refractivity contribution in [2.24, 2.45) is 5.41 Å². The minimum Gasteiger partial charge on any atom is -0.393 e. The minimum atomic E-state index is -3.69. The number of nitrogens with one attached hydrogen (secondary N) is 1. The topological polar surface area (TPSA) is 115 Å². The van der Waals surface area contributed by atoms with E-state index < -0.39 is 14.9 Å². The number of nitrogen functional groups attached to an aromatic ring is 1. The fourth-order valence-corrected chi connectivity index (χ4v) is 3.23. The molecule has 1 saturated carbocycles. The number of sulfonamides is 1. The van der Waals surface area contributed by atoms with Gasteiger partial charge in [0.15, 0.2) is 0 Å². The zero-order valence-corrected chi connectivity index (χ0v) is 11.4. The fourth-order valence-electron chi connectivity index (χ4n) is 1.79. The third-order valence-corrected chi connectivity index (χ3v) is 4.79. The Hall–Kier alpha value is -1.67. The summed E-state index contributed by atoms with van der Waals surface area (Å²) in [7, 11) is -3.69. The molecule has 19 heavy (non-hydrogen) atoms. The molecule has 1 aliphatic rings. The SMILES string of the molecule is CC1(C)CC1NS(=O)(=O)c1ccc([N+](=O)[O-])c(N)c1. The Morgan fingerprint density at radius 1 is 1.47 bits per heavy atom. The van der Waals surface area contributed by atoms with Crippen molar-refractivity contribution >= 4 is 21.4 Å². The lowest BCUT2D eigenvalue weighted by molar-refractivity contribution is -0.383. The van der Waals surface area contributed by atoms with Crippen LogP contribution in [-0.2, 0) is 10.0 Å². The van der Waals surface area contributed by atoms with Crippen LogP contribution < -0.4 is 10.5 Å². The molecule has 0 aliphatic heterocycles. The zero-order chi connectivity index (χ0) is 14.4. The van der Waals surface area contributed by atoms with Gasteiger partial charge in [0.2, 0.25) is 10.0 Å². The summed E-state index contributed by atoms with van der Waals surface area (Å²) >= 11 is 0. The average Bonchev–Trinajstić information content (AvgIpc) is 2.84. The molecule has 0 heterocycles. The molecule has 0 saturated heterocycles. The average molecular weight is 285 g/mol. The van der Waals surface area contributed by atoms with Crippen molar-refractivity contribution in [2.75, 3.05) is 5.73 Å². The Morgan fingerprint density at radius 2 is 2.05 bits per heavy atom. The van der Waals surface area contributed by atoms with Gasteiger partial charge in [0.05, 0.1) is 9.82 Å². The van der Waals surface area contributed by atoms with Crippen LogP contribution in [-0.4, -0.2) is 19.4 Å². The number of nitrogens with zero attached hydrogens (tertiary/aromatic N) is 1. The van der Waals surface area contributed by atoms with Crippen LogP contribution in [0, 0.1) is 15.5 Å². The molecule has 1 aromatic carbocycles. The summed E-state index contributed by atoms with van der Waals surface area (Å²) in [6.07, 6.45) is 0.773. The lowest BCUT2D eigenvalue weighted by atomic mass is 10.2. The highest BCUT2D eigenvalue weighted by atomic mass is 32.2. The van der Waals surface area contributed by atoms with Gasteiger partial charge in [-0.2, -0.15) is 0 Å². The second kappa shape index (κ2) is 4.17. The first kappa shape index (κ1) is 13.8. The number of benzene rings is 1. The number of anilines is 1. The van der Waals surface area contributed by atoms with Gasteiger partial charge in [-0.3, -0.25) is 10.1 Å². The molecule has 1 aromatic rings. The van der Waals surface area contributed by atoms with Gasteiger partial charge >= 0.3 is 0 Å². The van der Waals surface area contributed by atoms with Crippen LogP contribution in [0.15, 0.2) is 23.1 Å². The molecule has 7 nitrogen and oxygen atoms in total. The van der Waals surface area contributed by atoms with Crippen LogP contribution in [0.1, 0.15) is 20.3 Å². The second-order valence-corrected chi connectivity index (χ2v) is 7.06. The van der Waals surface area contributed by atoms with E-state index in [9.17, 15) is 18.5 Å². The zero-order valence-electron chi connectivity index (χ0n) is 10.6. The van der Waals surface area contributed by atoms with Crippen LogP contribution in [0.4, 0.5) is 11.4 Å². The second-order valence-electron chi connectivity index (χ2n) is 5.34.